The van der Waals surface area contributed by atoms with Crippen LogP contribution in [0.25, 0.3) is 5.76 Å². The molecule has 6 nitrogen and oxygen atoms in total. The number of amides is 1. The average molecular weight is 534 g/mol. The zero-order chi connectivity index (χ0) is 27.7. The van der Waals surface area contributed by atoms with Crippen molar-refractivity contribution in [2.75, 3.05) is 19.1 Å². The van der Waals surface area contributed by atoms with Gasteiger partial charge in [-0.2, -0.15) is 0 Å². The second-order valence-electron chi connectivity index (χ2n) is 9.92. The Morgan fingerprint density at radius 2 is 1.37 bits per heavy atom. The van der Waals surface area contributed by atoms with E-state index in [-0.39, 0.29) is 27.7 Å². The number of rotatable bonds is 7. The number of hydrogen-bond acceptors (Lipinski definition) is 5. The molecular weight excluding hydrogens is 502 g/mol. The van der Waals surface area contributed by atoms with Crippen LogP contribution in [0.15, 0.2) is 66.2 Å². The van der Waals surface area contributed by atoms with Crippen molar-refractivity contribution in [2.24, 2.45) is 0 Å². The molecule has 7 heteroatoms. The van der Waals surface area contributed by atoms with Crippen LogP contribution in [-0.2, 0) is 9.59 Å². The zero-order valence-electron chi connectivity index (χ0n) is 22.4. The summed E-state index contributed by atoms with van der Waals surface area (Å²) in [5.41, 5.74) is 3.66. The highest BCUT2D eigenvalue weighted by Gasteiger charge is 2.47. The number of aliphatic hydroxyl groups is 1. The molecular formula is C31H32ClNO5. The topological polar surface area (TPSA) is 76.1 Å². The highest BCUT2D eigenvalue weighted by Crippen LogP contribution is 2.45. The minimum atomic E-state index is -0.854. The maximum atomic E-state index is 13.6. The van der Waals surface area contributed by atoms with E-state index in [9.17, 15) is 14.7 Å². The van der Waals surface area contributed by atoms with Crippen LogP contribution in [0.2, 0.25) is 5.02 Å². The van der Waals surface area contributed by atoms with Crippen LogP contribution in [0, 0.1) is 0 Å². The average Bonchev–Trinajstić information content (AvgIpc) is 3.18. The summed E-state index contributed by atoms with van der Waals surface area (Å²) in [5.74, 6) is -0.712. The van der Waals surface area contributed by atoms with Crippen LogP contribution in [0.1, 0.15) is 67.8 Å². The predicted molar refractivity (Wildman–Crippen MR) is 150 cm³/mol. The third-order valence-corrected chi connectivity index (χ3v) is 7.23. The van der Waals surface area contributed by atoms with E-state index in [0.29, 0.717) is 28.8 Å². The van der Waals surface area contributed by atoms with Crippen LogP contribution in [0.4, 0.5) is 5.69 Å². The number of methoxy groups -OCH3 is 2. The molecule has 4 rings (SSSR count). The maximum absolute atomic E-state index is 13.6. The summed E-state index contributed by atoms with van der Waals surface area (Å²) in [7, 11) is 2.89. The third kappa shape index (κ3) is 4.88. The fourth-order valence-corrected chi connectivity index (χ4v) is 4.92. The molecule has 1 N–H and O–H groups in total. The predicted octanol–water partition coefficient (Wildman–Crippen LogP) is 7.23. The van der Waals surface area contributed by atoms with Gasteiger partial charge >= 0.3 is 0 Å². The lowest BCUT2D eigenvalue weighted by Crippen LogP contribution is -2.29. The van der Waals surface area contributed by atoms with E-state index < -0.39 is 17.7 Å². The number of Topliss-reactive ketones (excluding diaryl/α,β-unsaturated/α-hetero) is 1. The molecule has 1 aliphatic rings. The van der Waals surface area contributed by atoms with Gasteiger partial charge in [0.2, 0.25) is 0 Å². The number of hydrogen-bond donors (Lipinski definition) is 1. The first-order valence-corrected chi connectivity index (χ1v) is 12.9. The van der Waals surface area contributed by atoms with Crippen molar-refractivity contribution in [2.45, 2.75) is 45.6 Å². The van der Waals surface area contributed by atoms with Crippen molar-refractivity contribution in [1.82, 2.24) is 0 Å². The number of ketones is 1. The second kappa shape index (κ2) is 10.9. The Labute approximate surface area is 228 Å². The van der Waals surface area contributed by atoms with Gasteiger partial charge in [-0.15, -0.1) is 0 Å². The van der Waals surface area contributed by atoms with E-state index in [2.05, 4.69) is 27.7 Å². The van der Waals surface area contributed by atoms with Crippen molar-refractivity contribution in [1.29, 1.82) is 0 Å². The molecule has 0 saturated carbocycles. The summed E-state index contributed by atoms with van der Waals surface area (Å²) >= 11 is 6.27. The van der Waals surface area contributed by atoms with E-state index in [1.807, 2.05) is 48.5 Å². The van der Waals surface area contributed by atoms with E-state index >= 15 is 0 Å². The number of ether oxygens (including phenoxy) is 2. The van der Waals surface area contributed by atoms with Crippen molar-refractivity contribution in [3.8, 4) is 11.5 Å². The van der Waals surface area contributed by atoms with Gasteiger partial charge in [-0.25, -0.2) is 0 Å². The number of halogens is 1. The molecule has 1 unspecified atom stereocenters. The lowest BCUT2D eigenvalue weighted by Gasteiger charge is -2.26. The summed E-state index contributed by atoms with van der Waals surface area (Å²) < 4.78 is 10.8. The van der Waals surface area contributed by atoms with Crippen LogP contribution in [0.3, 0.4) is 0 Å². The highest BCUT2D eigenvalue weighted by molar-refractivity contribution is 6.51. The molecule has 3 aromatic carbocycles. The number of benzene rings is 3. The van der Waals surface area contributed by atoms with Gasteiger partial charge in [0, 0.05) is 11.8 Å². The monoisotopic (exact) mass is 533 g/mol. The summed E-state index contributed by atoms with van der Waals surface area (Å²) in [5, 5.41) is 11.9. The molecule has 1 aliphatic heterocycles. The molecule has 3 aromatic rings. The Kier molecular flexibility index (Phi) is 7.83. The first kappa shape index (κ1) is 27.3. The van der Waals surface area contributed by atoms with Crippen molar-refractivity contribution >= 4 is 34.7 Å². The lowest BCUT2D eigenvalue weighted by atomic mass is 9.92. The Morgan fingerprint density at radius 3 is 1.87 bits per heavy atom. The first-order valence-electron chi connectivity index (χ1n) is 12.5. The Morgan fingerprint density at radius 1 is 0.842 bits per heavy atom. The second-order valence-corrected chi connectivity index (χ2v) is 10.3. The summed E-state index contributed by atoms with van der Waals surface area (Å²) in [6.45, 7) is 8.37. The fourth-order valence-electron chi connectivity index (χ4n) is 4.69. The van der Waals surface area contributed by atoms with E-state index in [1.54, 1.807) is 0 Å². The van der Waals surface area contributed by atoms with Crippen molar-refractivity contribution < 1.29 is 24.2 Å². The Bertz CT molecular complexity index is 1390. The molecule has 0 bridgehead atoms. The number of carbonyl (C=O) groups excluding carboxylic acids is 2. The quantitative estimate of drug-likeness (QED) is 0.197. The van der Waals surface area contributed by atoms with Gasteiger partial charge < -0.3 is 14.6 Å². The van der Waals surface area contributed by atoms with Crippen LogP contribution in [0.5, 0.6) is 11.5 Å². The molecule has 198 valence electrons. The number of aliphatic hydroxyl groups excluding tert-OH is 1. The van der Waals surface area contributed by atoms with Gasteiger partial charge in [-0.05, 0) is 46.7 Å². The van der Waals surface area contributed by atoms with E-state index in [1.165, 1.54) is 31.3 Å². The molecule has 0 radical (unpaired) electrons. The van der Waals surface area contributed by atoms with Crippen LogP contribution < -0.4 is 14.4 Å². The summed E-state index contributed by atoms with van der Waals surface area (Å²) in [6.07, 6.45) is 0. The van der Waals surface area contributed by atoms with Gasteiger partial charge in [0.15, 0.2) is 0 Å². The summed E-state index contributed by atoms with van der Waals surface area (Å²) in [4.78, 5) is 28.5. The number of carbonyl (C=O) groups is 2. The standard InChI is InChI=1S/C31H32ClNO5/c1-17(2)19-7-9-21(10-8-19)28-27(29(34)23-15-26(38-6)24(32)16-25(23)37-5)30(35)31(36)33(28)22-13-11-20(12-14-22)18(3)4/h7-18,28,34H,1-6H3/b29-27+. The van der Waals surface area contributed by atoms with E-state index in [0.717, 1.165) is 11.1 Å². The van der Waals surface area contributed by atoms with Crippen molar-refractivity contribution in [3.05, 3.63) is 93.5 Å². The molecule has 0 spiro atoms. The molecule has 1 fully saturated rings. The molecule has 1 saturated heterocycles. The van der Waals surface area contributed by atoms with Crippen molar-refractivity contribution in [3.63, 3.8) is 0 Å². The van der Waals surface area contributed by atoms with Gasteiger partial charge in [-0.1, -0.05) is 75.7 Å². The van der Waals surface area contributed by atoms with Crippen LogP contribution in [-0.4, -0.2) is 31.0 Å². The third-order valence-electron chi connectivity index (χ3n) is 6.93. The van der Waals surface area contributed by atoms with Gasteiger partial charge in [-0.3, -0.25) is 14.5 Å². The molecule has 0 aromatic heterocycles. The Hall–Kier alpha value is -3.77. The normalized spacial score (nSPS) is 17.0. The van der Waals surface area contributed by atoms with Gasteiger partial charge in [0.05, 0.1) is 36.4 Å². The molecule has 0 aliphatic carbocycles. The first-order chi connectivity index (χ1) is 18.1. The zero-order valence-corrected chi connectivity index (χ0v) is 23.2. The molecule has 1 amide bonds. The summed E-state index contributed by atoms with van der Waals surface area (Å²) in [6, 6.07) is 17.5. The number of nitrogens with zero attached hydrogens (tertiary/aromatic N) is 1. The molecule has 1 heterocycles. The van der Waals surface area contributed by atoms with Crippen LogP contribution >= 0.6 is 11.6 Å². The smallest absolute Gasteiger partial charge is 0.300 e. The minimum absolute atomic E-state index is 0.0390. The Balaban J connectivity index is 1.96. The lowest BCUT2D eigenvalue weighted by molar-refractivity contribution is -0.132. The minimum Gasteiger partial charge on any atom is -0.507 e. The highest BCUT2D eigenvalue weighted by atomic mass is 35.5. The SMILES string of the molecule is COc1cc(/C(O)=C2\C(=O)C(=O)N(c3ccc(C(C)C)cc3)C2c2ccc(C(C)C)cc2)c(OC)cc1Cl. The number of anilines is 1. The van der Waals surface area contributed by atoms with E-state index in [4.69, 9.17) is 21.1 Å². The van der Waals surface area contributed by atoms with Gasteiger partial charge in [0.25, 0.3) is 11.7 Å². The largest absolute Gasteiger partial charge is 0.507 e. The molecule has 1 atom stereocenters. The maximum Gasteiger partial charge on any atom is 0.300 e. The van der Waals surface area contributed by atoms with Gasteiger partial charge in [0.1, 0.15) is 17.3 Å². The fraction of sp³-hybridized carbons (Fsp3) is 0.290. The molecule has 38 heavy (non-hydrogen) atoms.